The number of rotatable bonds is 6. The van der Waals surface area contributed by atoms with Crippen LogP contribution in [0.3, 0.4) is 0 Å². The van der Waals surface area contributed by atoms with E-state index in [1.165, 1.54) is 6.08 Å². The van der Waals surface area contributed by atoms with Gasteiger partial charge in [-0.25, -0.2) is 0 Å². The van der Waals surface area contributed by atoms with Crippen molar-refractivity contribution in [2.75, 3.05) is 0 Å². The Hall–Kier alpha value is -1.41. The van der Waals surface area contributed by atoms with Crippen molar-refractivity contribution in [1.29, 1.82) is 0 Å². The van der Waals surface area contributed by atoms with E-state index in [0.29, 0.717) is 12.7 Å². The van der Waals surface area contributed by atoms with Gasteiger partial charge >= 0.3 is 0 Å². The lowest BCUT2D eigenvalue weighted by atomic mass is 10.2. The van der Waals surface area contributed by atoms with Crippen LogP contribution in [0.1, 0.15) is 13.3 Å². The molecular formula is C12H16O2. The second-order valence-corrected chi connectivity index (χ2v) is 2.66. The molecule has 0 rings (SSSR count). The quantitative estimate of drug-likeness (QED) is 0.398. The average Bonchev–Trinajstić information content (AvgIpc) is 2.18. The van der Waals surface area contributed by atoms with E-state index < -0.39 is 6.10 Å². The zero-order valence-corrected chi connectivity index (χ0v) is 8.34. The molecule has 0 radical (unpaired) electrons. The molecule has 0 heterocycles. The van der Waals surface area contributed by atoms with E-state index in [-0.39, 0.29) is 0 Å². The molecule has 14 heavy (non-hydrogen) atoms. The fraction of sp³-hybridized carbons (Fsp3) is 0.250. The van der Waals surface area contributed by atoms with Gasteiger partial charge in [0.1, 0.15) is 6.29 Å². The summed E-state index contributed by atoms with van der Waals surface area (Å²) in [7, 11) is 0. The fourth-order valence-electron chi connectivity index (χ4n) is 0.784. The number of carbonyl (C=O) groups excluding carboxylic acids is 1. The Labute approximate surface area is 85.0 Å². The Bertz CT molecular complexity index is 247. The summed E-state index contributed by atoms with van der Waals surface area (Å²) in [5, 5.41) is 9.33. The summed E-state index contributed by atoms with van der Waals surface area (Å²) >= 11 is 0. The van der Waals surface area contributed by atoms with Gasteiger partial charge in [0.25, 0.3) is 0 Å². The van der Waals surface area contributed by atoms with Crippen LogP contribution in [-0.2, 0) is 4.79 Å². The first-order valence-electron chi connectivity index (χ1n) is 4.55. The summed E-state index contributed by atoms with van der Waals surface area (Å²) in [5.74, 6) is 0. The molecular weight excluding hydrogens is 176 g/mol. The number of aliphatic hydroxyl groups excluding tert-OH is 1. The minimum absolute atomic E-state index is 0.465. The highest BCUT2D eigenvalue weighted by molar-refractivity contribution is 5.64. The highest BCUT2D eigenvalue weighted by Gasteiger charge is 1.92. The molecule has 0 unspecified atom stereocenters. The molecule has 0 aliphatic rings. The van der Waals surface area contributed by atoms with Gasteiger partial charge in [0, 0.05) is 0 Å². The molecule has 1 N–H and O–H groups in total. The van der Waals surface area contributed by atoms with Crippen LogP contribution in [0.5, 0.6) is 0 Å². The summed E-state index contributed by atoms with van der Waals surface area (Å²) in [6.45, 7) is 1.94. The second kappa shape index (κ2) is 9.68. The minimum Gasteiger partial charge on any atom is -0.389 e. The van der Waals surface area contributed by atoms with Crippen LogP contribution in [0, 0.1) is 0 Å². The molecule has 0 fully saturated rings. The van der Waals surface area contributed by atoms with E-state index in [0.717, 1.165) is 0 Å². The number of hydrogen-bond donors (Lipinski definition) is 1. The number of carbonyl (C=O) groups is 1. The van der Waals surface area contributed by atoms with Crippen molar-refractivity contribution in [1.82, 2.24) is 0 Å². The van der Waals surface area contributed by atoms with Crippen molar-refractivity contribution < 1.29 is 9.90 Å². The highest BCUT2D eigenvalue weighted by Crippen LogP contribution is 1.95. The molecule has 0 saturated heterocycles. The molecule has 2 heteroatoms. The Morgan fingerprint density at radius 3 is 2.50 bits per heavy atom. The highest BCUT2D eigenvalue weighted by atomic mass is 16.3. The molecule has 1 atom stereocenters. The number of allylic oxidation sites excluding steroid dienone is 6. The van der Waals surface area contributed by atoms with Crippen LogP contribution in [-0.4, -0.2) is 17.5 Å². The van der Waals surface area contributed by atoms with Crippen LogP contribution in [0.15, 0.2) is 48.6 Å². The lowest BCUT2D eigenvalue weighted by Crippen LogP contribution is -1.98. The van der Waals surface area contributed by atoms with Gasteiger partial charge in [0.15, 0.2) is 0 Å². The third-order valence-corrected chi connectivity index (χ3v) is 1.45. The van der Waals surface area contributed by atoms with Gasteiger partial charge in [0.05, 0.1) is 6.10 Å². The third-order valence-electron chi connectivity index (χ3n) is 1.45. The first-order valence-corrected chi connectivity index (χ1v) is 4.55. The van der Waals surface area contributed by atoms with Gasteiger partial charge in [-0.2, -0.15) is 0 Å². The Balaban J connectivity index is 3.75. The third kappa shape index (κ3) is 8.68. The predicted octanol–water partition coefficient (Wildman–Crippen LogP) is 2.18. The largest absolute Gasteiger partial charge is 0.389 e. The lowest BCUT2D eigenvalue weighted by Gasteiger charge is -1.97. The minimum atomic E-state index is -0.526. The predicted molar refractivity (Wildman–Crippen MR) is 58.9 cm³/mol. The van der Waals surface area contributed by atoms with Crippen molar-refractivity contribution in [2.24, 2.45) is 0 Å². The van der Waals surface area contributed by atoms with Crippen LogP contribution >= 0.6 is 0 Å². The van der Waals surface area contributed by atoms with Gasteiger partial charge < -0.3 is 5.11 Å². The summed E-state index contributed by atoms with van der Waals surface area (Å²) in [6, 6.07) is 0. The van der Waals surface area contributed by atoms with Crippen molar-refractivity contribution in [3.63, 3.8) is 0 Å². The molecule has 0 aliphatic carbocycles. The molecule has 0 aliphatic heterocycles. The monoisotopic (exact) mass is 192 g/mol. The summed E-state index contributed by atoms with van der Waals surface area (Å²) in [4.78, 5) is 9.91. The average molecular weight is 192 g/mol. The zero-order valence-electron chi connectivity index (χ0n) is 8.34. The molecule has 2 nitrogen and oxygen atoms in total. The Kier molecular flexibility index (Phi) is 8.70. The van der Waals surface area contributed by atoms with E-state index in [1.807, 2.05) is 31.2 Å². The van der Waals surface area contributed by atoms with E-state index in [4.69, 9.17) is 0 Å². The van der Waals surface area contributed by atoms with Crippen LogP contribution in [0.2, 0.25) is 0 Å². The van der Waals surface area contributed by atoms with Crippen molar-refractivity contribution in [2.45, 2.75) is 19.4 Å². The maximum Gasteiger partial charge on any atom is 0.142 e. The van der Waals surface area contributed by atoms with Crippen LogP contribution in [0.25, 0.3) is 0 Å². The summed E-state index contributed by atoms with van der Waals surface area (Å²) < 4.78 is 0. The molecule has 0 amide bonds. The molecule has 0 bridgehead atoms. The number of aldehydes is 1. The molecule has 0 spiro atoms. The van der Waals surface area contributed by atoms with Crippen molar-refractivity contribution in [3.05, 3.63) is 48.6 Å². The lowest BCUT2D eigenvalue weighted by molar-refractivity contribution is -0.104. The standard InChI is InChI=1S/C12H16O2/c1-2-3-4-5-6-9-12(14)10-7-8-11-13/h2-9,11-12,14H,10H2,1H3/b3-2+,5-4+,8-7+,9-6+/t12-/m1/s1. The zero-order chi connectivity index (χ0) is 10.6. The van der Waals surface area contributed by atoms with Gasteiger partial charge in [-0.3, -0.25) is 4.79 Å². The van der Waals surface area contributed by atoms with E-state index in [1.54, 1.807) is 18.2 Å². The number of hydrogen-bond acceptors (Lipinski definition) is 2. The molecule has 76 valence electrons. The summed E-state index contributed by atoms with van der Waals surface area (Å²) in [6.07, 6.45) is 14.7. The molecule has 0 aromatic rings. The fourth-order valence-corrected chi connectivity index (χ4v) is 0.784. The van der Waals surface area contributed by atoms with Gasteiger partial charge in [-0.15, -0.1) is 0 Å². The van der Waals surface area contributed by atoms with Gasteiger partial charge in [-0.1, -0.05) is 42.5 Å². The molecule has 0 aromatic heterocycles. The van der Waals surface area contributed by atoms with E-state index in [2.05, 4.69) is 0 Å². The first kappa shape index (κ1) is 12.6. The number of aliphatic hydroxyl groups is 1. The molecule has 0 saturated carbocycles. The maximum atomic E-state index is 9.91. The van der Waals surface area contributed by atoms with E-state index in [9.17, 15) is 9.90 Å². The SMILES string of the molecule is C/C=C/C=C/C=C/[C@@H](O)C/C=C/C=O. The molecule has 0 aromatic carbocycles. The normalized spacial score (nSPS) is 15.0. The van der Waals surface area contributed by atoms with Crippen molar-refractivity contribution in [3.8, 4) is 0 Å². The van der Waals surface area contributed by atoms with Crippen molar-refractivity contribution >= 4 is 6.29 Å². The van der Waals surface area contributed by atoms with Gasteiger partial charge in [0.2, 0.25) is 0 Å². The van der Waals surface area contributed by atoms with Crippen LogP contribution < -0.4 is 0 Å². The maximum absolute atomic E-state index is 9.91. The summed E-state index contributed by atoms with van der Waals surface area (Å²) in [5.41, 5.74) is 0. The van der Waals surface area contributed by atoms with Crippen LogP contribution in [0.4, 0.5) is 0 Å². The second-order valence-electron chi connectivity index (χ2n) is 2.66. The smallest absolute Gasteiger partial charge is 0.142 e. The topological polar surface area (TPSA) is 37.3 Å². The first-order chi connectivity index (χ1) is 6.81. The van der Waals surface area contributed by atoms with E-state index >= 15 is 0 Å². The Morgan fingerprint density at radius 2 is 1.86 bits per heavy atom. The van der Waals surface area contributed by atoms with Gasteiger partial charge in [-0.05, 0) is 19.4 Å². The Morgan fingerprint density at radius 1 is 1.14 bits per heavy atom.